The van der Waals surface area contributed by atoms with Crippen LogP contribution in [0.15, 0.2) is 11.6 Å². The van der Waals surface area contributed by atoms with Crippen LogP contribution in [0.4, 0.5) is 0 Å². The van der Waals surface area contributed by atoms with E-state index < -0.39 is 0 Å². The molecule has 0 aromatic heterocycles. The zero-order chi connectivity index (χ0) is 12.1. The van der Waals surface area contributed by atoms with Crippen molar-refractivity contribution in [3.8, 4) is 0 Å². The fourth-order valence-electron chi connectivity index (χ4n) is 2.33. The Morgan fingerprint density at radius 2 is 2.28 bits per heavy atom. The molecule has 0 spiro atoms. The molecule has 2 aliphatic heterocycles. The monoisotopic (exact) mass is 275 g/mol. The van der Waals surface area contributed by atoms with Crippen LogP contribution in [0, 0.1) is 0 Å². The Labute approximate surface area is 114 Å². The maximum atomic E-state index is 11.5. The molecule has 0 saturated carbocycles. The van der Waals surface area contributed by atoms with E-state index in [1.165, 1.54) is 5.57 Å². The Morgan fingerprint density at radius 1 is 1.44 bits per heavy atom. The van der Waals surface area contributed by atoms with Crippen LogP contribution >= 0.6 is 12.4 Å². The molecule has 2 aliphatic rings. The first-order valence-corrected chi connectivity index (χ1v) is 6.38. The quantitative estimate of drug-likeness (QED) is 0.518. The third-order valence-corrected chi connectivity index (χ3v) is 3.29. The van der Waals surface area contributed by atoms with E-state index in [1.807, 2.05) is 6.92 Å². The largest absolute Gasteiger partial charge is 0.465 e. The normalized spacial score (nSPS) is 27.9. The number of hydrogen-bond donors (Lipinski definition) is 3. The summed E-state index contributed by atoms with van der Waals surface area (Å²) in [6, 6.07) is 0.163. The van der Waals surface area contributed by atoms with E-state index in [4.69, 9.17) is 4.74 Å². The molecule has 0 amide bonds. The second-order valence-corrected chi connectivity index (χ2v) is 4.46. The summed E-state index contributed by atoms with van der Waals surface area (Å²) in [5, 5.41) is 3.30. The highest BCUT2D eigenvalue weighted by Gasteiger charge is 2.28. The topological polar surface area (TPSA) is 62.4 Å². The van der Waals surface area contributed by atoms with Crippen LogP contribution in [-0.2, 0) is 9.53 Å². The van der Waals surface area contributed by atoms with Crippen molar-refractivity contribution in [2.45, 2.75) is 38.3 Å². The number of hydrogen-bond acceptors (Lipinski definition) is 5. The van der Waals surface area contributed by atoms with Gasteiger partial charge in [-0.2, -0.15) is 0 Å². The van der Waals surface area contributed by atoms with Gasteiger partial charge < -0.3 is 10.1 Å². The minimum absolute atomic E-state index is 0. The Morgan fingerprint density at radius 3 is 2.83 bits per heavy atom. The van der Waals surface area contributed by atoms with Crippen LogP contribution in [0.2, 0.25) is 0 Å². The molecule has 6 heteroatoms. The van der Waals surface area contributed by atoms with Gasteiger partial charge >= 0.3 is 5.97 Å². The van der Waals surface area contributed by atoms with Crippen molar-refractivity contribution < 1.29 is 9.53 Å². The molecule has 2 heterocycles. The zero-order valence-corrected chi connectivity index (χ0v) is 11.5. The molecule has 3 N–H and O–H groups in total. The molecule has 0 radical (unpaired) electrons. The van der Waals surface area contributed by atoms with E-state index in [9.17, 15) is 4.79 Å². The minimum Gasteiger partial charge on any atom is -0.465 e. The molecule has 0 bridgehead atoms. The van der Waals surface area contributed by atoms with Gasteiger partial charge in [0.25, 0.3) is 0 Å². The average Bonchev–Trinajstić information content (AvgIpc) is 2.40. The highest BCUT2D eigenvalue weighted by atomic mass is 35.5. The Hall–Kier alpha value is -0.620. The summed E-state index contributed by atoms with van der Waals surface area (Å²) >= 11 is 0. The molecule has 0 aliphatic carbocycles. The maximum absolute atomic E-state index is 11.5. The number of hydrazine groups is 1. The van der Waals surface area contributed by atoms with E-state index in [0.717, 1.165) is 32.4 Å². The van der Waals surface area contributed by atoms with Gasteiger partial charge in [-0.3, -0.25) is 4.79 Å². The molecule has 2 rings (SSSR count). The van der Waals surface area contributed by atoms with Crippen molar-refractivity contribution in [1.82, 2.24) is 16.2 Å². The van der Waals surface area contributed by atoms with E-state index in [-0.39, 0.29) is 24.4 Å². The van der Waals surface area contributed by atoms with Gasteiger partial charge in [0, 0.05) is 12.6 Å². The first-order chi connectivity index (χ1) is 8.31. The highest BCUT2D eigenvalue weighted by molar-refractivity contribution is 5.85. The Bertz CT molecular complexity index is 302. The number of carbonyl (C=O) groups is 1. The van der Waals surface area contributed by atoms with Crippen molar-refractivity contribution in [3.05, 3.63) is 11.6 Å². The SMILES string of the molecule is CCOC(=O)C1CCC(C2=CCNCC2)NN1.Cl. The van der Waals surface area contributed by atoms with E-state index in [0.29, 0.717) is 12.6 Å². The van der Waals surface area contributed by atoms with Gasteiger partial charge in [0.1, 0.15) is 6.04 Å². The molecule has 5 nitrogen and oxygen atoms in total. The van der Waals surface area contributed by atoms with Crippen LogP contribution in [0.25, 0.3) is 0 Å². The summed E-state index contributed by atoms with van der Waals surface area (Å²) in [5.41, 5.74) is 7.74. The number of rotatable bonds is 3. The fraction of sp³-hybridized carbons (Fsp3) is 0.750. The molecular weight excluding hydrogens is 254 g/mol. The van der Waals surface area contributed by atoms with Gasteiger partial charge in [-0.1, -0.05) is 11.6 Å². The lowest BCUT2D eigenvalue weighted by molar-refractivity contribution is -0.146. The summed E-state index contributed by atoms with van der Waals surface area (Å²) in [6.45, 7) is 4.27. The summed E-state index contributed by atoms with van der Waals surface area (Å²) in [7, 11) is 0. The molecule has 2 atom stereocenters. The summed E-state index contributed by atoms with van der Waals surface area (Å²) < 4.78 is 5.00. The van der Waals surface area contributed by atoms with Gasteiger partial charge in [-0.25, -0.2) is 10.9 Å². The lowest BCUT2D eigenvalue weighted by Gasteiger charge is -2.32. The molecule has 1 fully saturated rings. The summed E-state index contributed by atoms with van der Waals surface area (Å²) in [4.78, 5) is 11.5. The smallest absolute Gasteiger partial charge is 0.324 e. The van der Waals surface area contributed by atoms with Gasteiger partial charge in [-0.15, -0.1) is 12.4 Å². The number of halogens is 1. The Kier molecular flexibility index (Phi) is 6.63. The van der Waals surface area contributed by atoms with Crippen LogP contribution in [0.1, 0.15) is 26.2 Å². The predicted octanol–water partition coefficient (Wildman–Crippen LogP) is 0.516. The zero-order valence-electron chi connectivity index (χ0n) is 10.7. The van der Waals surface area contributed by atoms with Crippen molar-refractivity contribution >= 4 is 18.4 Å². The third kappa shape index (κ3) is 3.95. The Balaban J connectivity index is 0.00000162. The second kappa shape index (κ2) is 7.74. The second-order valence-electron chi connectivity index (χ2n) is 4.46. The lowest BCUT2D eigenvalue weighted by Crippen LogP contribution is -2.55. The molecule has 104 valence electrons. The highest BCUT2D eigenvalue weighted by Crippen LogP contribution is 2.18. The molecular formula is C12H22ClN3O2. The fourth-order valence-corrected chi connectivity index (χ4v) is 2.33. The van der Waals surface area contributed by atoms with E-state index in [2.05, 4.69) is 22.2 Å². The minimum atomic E-state index is -0.200. The average molecular weight is 276 g/mol. The summed E-state index contributed by atoms with van der Waals surface area (Å²) in [6.07, 6.45) is 5.15. The lowest BCUT2D eigenvalue weighted by atomic mass is 9.94. The first-order valence-electron chi connectivity index (χ1n) is 6.38. The van der Waals surface area contributed by atoms with Gasteiger partial charge in [-0.05, 0) is 32.7 Å². The number of nitrogens with one attached hydrogen (secondary N) is 3. The van der Waals surface area contributed by atoms with Crippen molar-refractivity contribution in [3.63, 3.8) is 0 Å². The van der Waals surface area contributed by atoms with Crippen molar-refractivity contribution in [2.75, 3.05) is 19.7 Å². The van der Waals surface area contributed by atoms with Crippen LogP contribution < -0.4 is 16.2 Å². The first kappa shape index (κ1) is 15.4. The third-order valence-electron chi connectivity index (χ3n) is 3.29. The van der Waals surface area contributed by atoms with E-state index >= 15 is 0 Å². The van der Waals surface area contributed by atoms with Crippen LogP contribution in [0.5, 0.6) is 0 Å². The van der Waals surface area contributed by atoms with Crippen molar-refractivity contribution in [1.29, 1.82) is 0 Å². The van der Waals surface area contributed by atoms with Crippen LogP contribution in [-0.4, -0.2) is 37.7 Å². The molecule has 0 aromatic carbocycles. The molecule has 2 unspecified atom stereocenters. The van der Waals surface area contributed by atoms with Crippen LogP contribution in [0.3, 0.4) is 0 Å². The number of carbonyl (C=O) groups excluding carboxylic acids is 1. The number of esters is 1. The van der Waals surface area contributed by atoms with Gasteiger partial charge in [0.2, 0.25) is 0 Å². The van der Waals surface area contributed by atoms with Gasteiger partial charge in [0.15, 0.2) is 0 Å². The van der Waals surface area contributed by atoms with Crippen molar-refractivity contribution in [2.24, 2.45) is 0 Å². The maximum Gasteiger partial charge on any atom is 0.324 e. The molecule has 18 heavy (non-hydrogen) atoms. The standard InChI is InChI=1S/C12H21N3O2.ClH/c1-2-17-12(16)11-4-3-10(14-15-11)9-5-7-13-8-6-9;/h5,10-11,13-15H,2-4,6-8H2,1H3;1H. The predicted molar refractivity (Wildman–Crippen MR) is 72.5 cm³/mol. The molecule has 1 saturated heterocycles. The van der Waals surface area contributed by atoms with Gasteiger partial charge in [0.05, 0.1) is 6.61 Å². The molecule has 0 aromatic rings. The summed E-state index contributed by atoms with van der Waals surface area (Å²) in [5.74, 6) is -0.155. The number of ether oxygens (including phenoxy) is 1. The van der Waals surface area contributed by atoms with E-state index in [1.54, 1.807) is 0 Å².